The fourth-order valence-electron chi connectivity index (χ4n) is 3.69. The Hall–Kier alpha value is 0. The molecule has 0 radical (unpaired) electrons. The third-order valence-electron chi connectivity index (χ3n) is 4.94. The lowest BCUT2D eigenvalue weighted by Crippen LogP contribution is -2.20. The van der Waals surface area contributed by atoms with Gasteiger partial charge in [-0.2, -0.15) is 0 Å². The van der Waals surface area contributed by atoms with Gasteiger partial charge in [0.2, 0.25) is 0 Å². The van der Waals surface area contributed by atoms with E-state index in [0.717, 1.165) is 17.8 Å². The quantitative estimate of drug-likeness (QED) is 0.287. The van der Waals surface area contributed by atoms with Gasteiger partial charge in [-0.15, -0.1) is 0 Å². The molecule has 0 aromatic rings. The monoisotopic (exact) mass is 282 g/mol. The third-order valence-corrected chi connectivity index (χ3v) is 4.94. The normalized spacial score (nSPS) is 13.3. The summed E-state index contributed by atoms with van der Waals surface area (Å²) in [6.07, 6.45) is 17.3. The largest absolute Gasteiger partial charge is 0.0654 e. The topological polar surface area (TPSA) is 0 Å². The second-order valence-corrected chi connectivity index (χ2v) is 7.16. The van der Waals surface area contributed by atoms with Crippen LogP contribution >= 0.6 is 0 Å². The first kappa shape index (κ1) is 20.0. The maximum Gasteiger partial charge on any atom is -0.0363 e. The Labute approximate surface area is 130 Å². The minimum absolute atomic E-state index is 0.873. The number of hydrogen-bond acceptors (Lipinski definition) is 0. The summed E-state index contributed by atoms with van der Waals surface area (Å²) in [6, 6.07) is 0. The van der Waals surface area contributed by atoms with Crippen LogP contribution in [0.25, 0.3) is 0 Å². The van der Waals surface area contributed by atoms with Crippen LogP contribution in [-0.4, -0.2) is 0 Å². The Balaban J connectivity index is 4.25. The summed E-state index contributed by atoms with van der Waals surface area (Å²) in [5.41, 5.74) is 0. The fraction of sp³-hybridized carbons (Fsp3) is 1.00. The van der Waals surface area contributed by atoms with Gasteiger partial charge in [0.1, 0.15) is 0 Å². The van der Waals surface area contributed by atoms with Gasteiger partial charge >= 0.3 is 0 Å². The van der Waals surface area contributed by atoms with E-state index in [4.69, 9.17) is 0 Å². The molecule has 1 atom stereocenters. The van der Waals surface area contributed by atoms with Crippen LogP contribution in [0.1, 0.15) is 112 Å². The number of unbranched alkanes of at least 4 members (excludes halogenated alkanes) is 6. The first-order valence-corrected chi connectivity index (χ1v) is 9.67. The van der Waals surface area contributed by atoms with E-state index in [1.165, 1.54) is 77.0 Å². The highest BCUT2D eigenvalue weighted by molar-refractivity contribution is 4.73. The van der Waals surface area contributed by atoms with Crippen LogP contribution in [0.2, 0.25) is 0 Å². The van der Waals surface area contributed by atoms with E-state index in [-0.39, 0.29) is 0 Å². The molecule has 0 nitrogen and oxygen atoms in total. The average molecular weight is 283 g/mol. The maximum atomic E-state index is 2.45. The molecule has 0 aliphatic heterocycles. The van der Waals surface area contributed by atoms with Crippen molar-refractivity contribution in [2.24, 2.45) is 17.8 Å². The Morgan fingerprint density at radius 3 is 1.40 bits per heavy atom. The zero-order valence-electron chi connectivity index (χ0n) is 15.2. The van der Waals surface area contributed by atoms with Gasteiger partial charge in [0.05, 0.1) is 0 Å². The van der Waals surface area contributed by atoms with Crippen molar-refractivity contribution in [2.75, 3.05) is 0 Å². The summed E-state index contributed by atoms with van der Waals surface area (Å²) in [7, 11) is 0. The summed E-state index contributed by atoms with van der Waals surface area (Å²) in [6.45, 7) is 11.9. The van der Waals surface area contributed by atoms with Crippen LogP contribution < -0.4 is 0 Å². The summed E-state index contributed by atoms with van der Waals surface area (Å²) in [4.78, 5) is 0. The molecule has 0 aromatic carbocycles. The van der Waals surface area contributed by atoms with Crippen LogP contribution in [0.5, 0.6) is 0 Å². The zero-order chi connectivity index (χ0) is 15.2. The Morgan fingerprint density at radius 2 is 1.05 bits per heavy atom. The molecule has 0 aliphatic carbocycles. The summed E-state index contributed by atoms with van der Waals surface area (Å²) < 4.78 is 0. The number of hydrogen-bond donors (Lipinski definition) is 0. The molecule has 0 saturated heterocycles. The lowest BCUT2D eigenvalue weighted by molar-refractivity contribution is 0.202. The Kier molecular flexibility index (Phi) is 14.0. The summed E-state index contributed by atoms with van der Waals surface area (Å²) in [5, 5.41) is 0. The molecule has 0 heteroatoms. The summed E-state index contributed by atoms with van der Waals surface area (Å²) in [5.74, 6) is 2.85. The predicted molar refractivity (Wildman–Crippen MR) is 94.2 cm³/mol. The van der Waals surface area contributed by atoms with Gasteiger partial charge in [0.15, 0.2) is 0 Å². The van der Waals surface area contributed by atoms with E-state index in [1.54, 1.807) is 0 Å². The van der Waals surface area contributed by atoms with Crippen molar-refractivity contribution in [2.45, 2.75) is 112 Å². The molecule has 122 valence electrons. The highest BCUT2D eigenvalue weighted by Crippen LogP contribution is 2.33. The second kappa shape index (κ2) is 14.0. The van der Waals surface area contributed by atoms with Crippen molar-refractivity contribution in [3.63, 3.8) is 0 Å². The van der Waals surface area contributed by atoms with E-state index in [9.17, 15) is 0 Å². The second-order valence-electron chi connectivity index (χ2n) is 7.16. The first-order chi connectivity index (χ1) is 9.67. The highest BCUT2D eigenvalue weighted by Gasteiger charge is 2.22. The van der Waals surface area contributed by atoms with Crippen LogP contribution in [-0.2, 0) is 0 Å². The van der Waals surface area contributed by atoms with Crippen molar-refractivity contribution in [3.8, 4) is 0 Å². The molecule has 0 heterocycles. The fourth-order valence-corrected chi connectivity index (χ4v) is 3.69. The molecule has 0 rings (SSSR count). The Morgan fingerprint density at radius 1 is 0.550 bits per heavy atom. The molecule has 1 unspecified atom stereocenters. The highest BCUT2D eigenvalue weighted by atomic mass is 14.3. The van der Waals surface area contributed by atoms with Gasteiger partial charge in [-0.25, -0.2) is 0 Å². The van der Waals surface area contributed by atoms with E-state index in [1.807, 2.05) is 0 Å². The smallest absolute Gasteiger partial charge is 0.0363 e. The Bertz CT molecular complexity index is 170. The zero-order valence-corrected chi connectivity index (χ0v) is 15.2. The molecular formula is C20H42. The van der Waals surface area contributed by atoms with Crippen LogP contribution in [0.3, 0.4) is 0 Å². The molecule has 20 heavy (non-hydrogen) atoms. The minimum Gasteiger partial charge on any atom is -0.0654 e. The molecule has 0 N–H and O–H groups in total. The van der Waals surface area contributed by atoms with Gasteiger partial charge < -0.3 is 0 Å². The maximum absolute atomic E-state index is 2.45. The van der Waals surface area contributed by atoms with Gasteiger partial charge in [-0.3, -0.25) is 0 Å². The molecule has 0 spiro atoms. The van der Waals surface area contributed by atoms with E-state index in [0.29, 0.717) is 0 Å². The molecule has 0 bridgehead atoms. The molecular weight excluding hydrogens is 240 g/mol. The average Bonchev–Trinajstić information content (AvgIpc) is 2.43. The molecule has 0 aliphatic rings. The molecule has 0 amide bonds. The van der Waals surface area contributed by atoms with Gasteiger partial charge in [0, 0.05) is 0 Å². The van der Waals surface area contributed by atoms with Crippen molar-refractivity contribution < 1.29 is 0 Å². The minimum atomic E-state index is 0.873. The van der Waals surface area contributed by atoms with Crippen LogP contribution in [0.15, 0.2) is 0 Å². The van der Waals surface area contributed by atoms with Crippen LogP contribution in [0, 0.1) is 17.8 Å². The SMILES string of the molecule is CCCCCCC(CCCCCC)C(CCC)C(C)C. The standard InChI is InChI=1S/C20H42/c1-6-9-11-13-16-19(17-14-12-10-7-2)20(15-8-3)18(4)5/h18-20H,6-17H2,1-5H3. The van der Waals surface area contributed by atoms with Gasteiger partial charge in [0.25, 0.3) is 0 Å². The number of rotatable bonds is 14. The van der Waals surface area contributed by atoms with Crippen molar-refractivity contribution in [1.29, 1.82) is 0 Å². The predicted octanol–water partition coefficient (Wildman–Crippen LogP) is 7.62. The van der Waals surface area contributed by atoms with Crippen molar-refractivity contribution >= 4 is 0 Å². The molecule has 0 saturated carbocycles. The third kappa shape index (κ3) is 9.83. The van der Waals surface area contributed by atoms with E-state index in [2.05, 4.69) is 34.6 Å². The summed E-state index contributed by atoms with van der Waals surface area (Å²) >= 11 is 0. The van der Waals surface area contributed by atoms with Crippen molar-refractivity contribution in [1.82, 2.24) is 0 Å². The van der Waals surface area contributed by atoms with E-state index >= 15 is 0 Å². The van der Waals surface area contributed by atoms with Crippen molar-refractivity contribution in [3.05, 3.63) is 0 Å². The lowest BCUT2D eigenvalue weighted by Gasteiger charge is -2.30. The molecule has 0 fully saturated rings. The molecule has 0 aromatic heterocycles. The first-order valence-electron chi connectivity index (χ1n) is 9.67. The lowest BCUT2D eigenvalue weighted by atomic mass is 9.75. The van der Waals surface area contributed by atoms with Crippen LogP contribution in [0.4, 0.5) is 0 Å². The van der Waals surface area contributed by atoms with E-state index < -0.39 is 0 Å². The van der Waals surface area contributed by atoms with Gasteiger partial charge in [-0.1, -0.05) is 112 Å². The van der Waals surface area contributed by atoms with Gasteiger partial charge in [-0.05, 0) is 17.8 Å².